The molecule has 0 bridgehead atoms. The average molecular weight is 405 g/mol. The van der Waals surface area contributed by atoms with Crippen molar-refractivity contribution in [1.29, 1.82) is 0 Å². The zero-order chi connectivity index (χ0) is 19.8. The van der Waals surface area contributed by atoms with Gasteiger partial charge in [0.15, 0.2) is 16.3 Å². The Bertz CT molecular complexity index is 1190. The molecule has 0 fully saturated rings. The maximum Gasteiger partial charge on any atom is 0.433 e. The van der Waals surface area contributed by atoms with E-state index in [1.54, 1.807) is 12.1 Å². The van der Waals surface area contributed by atoms with Gasteiger partial charge in [0.1, 0.15) is 11.5 Å². The lowest BCUT2D eigenvalue weighted by Crippen LogP contribution is -2.22. The summed E-state index contributed by atoms with van der Waals surface area (Å²) >= 11 is 1.14. The van der Waals surface area contributed by atoms with E-state index < -0.39 is 22.7 Å². The van der Waals surface area contributed by atoms with Crippen LogP contribution in [0.2, 0.25) is 0 Å². The lowest BCUT2D eigenvalue weighted by Gasteiger charge is -2.04. The van der Waals surface area contributed by atoms with Crippen molar-refractivity contribution >= 4 is 39.3 Å². The summed E-state index contributed by atoms with van der Waals surface area (Å²) in [7, 11) is 1.25. The maximum atomic E-state index is 12.4. The Balaban J connectivity index is 1.83. The second-order valence-electron chi connectivity index (χ2n) is 5.53. The number of hydrogen-bond acceptors (Lipinski definition) is 9. The van der Waals surface area contributed by atoms with E-state index in [2.05, 4.69) is 4.99 Å². The highest BCUT2D eigenvalue weighted by Crippen LogP contribution is 2.37. The molecule has 1 aliphatic heterocycles. The van der Waals surface area contributed by atoms with Gasteiger partial charge >= 0.3 is 17.8 Å². The second-order valence-corrected chi connectivity index (χ2v) is 6.54. The highest BCUT2D eigenvalue weighted by molar-refractivity contribution is 7.16. The predicted molar refractivity (Wildman–Crippen MR) is 93.2 cm³/mol. The largest absolute Gasteiger partial charge is 0.468 e. The first kappa shape index (κ1) is 17.7. The SMILES string of the molecule is COC(=O)Cn1c(=NC(=O)c2ccc([N+](=O)[O-])o2)sc2cc3c(cc21)OCO3. The number of benzene rings is 1. The van der Waals surface area contributed by atoms with Gasteiger partial charge < -0.3 is 23.2 Å². The molecule has 0 N–H and O–H groups in total. The number of methoxy groups -OCH3 is 1. The molecule has 28 heavy (non-hydrogen) atoms. The van der Waals surface area contributed by atoms with Gasteiger partial charge in [-0.15, -0.1) is 0 Å². The van der Waals surface area contributed by atoms with Crippen LogP contribution in [0.15, 0.2) is 33.7 Å². The molecule has 0 aliphatic carbocycles. The Kier molecular flexibility index (Phi) is 4.31. The minimum Gasteiger partial charge on any atom is -0.468 e. The first-order chi connectivity index (χ1) is 13.5. The molecular formula is C16H11N3O8S. The maximum absolute atomic E-state index is 12.4. The summed E-state index contributed by atoms with van der Waals surface area (Å²) in [6.07, 6.45) is 0. The number of carbonyl (C=O) groups excluding carboxylic acids is 2. The van der Waals surface area contributed by atoms with E-state index in [1.807, 2.05) is 0 Å². The van der Waals surface area contributed by atoms with Crippen molar-refractivity contribution in [2.24, 2.45) is 4.99 Å². The minimum atomic E-state index is -0.821. The van der Waals surface area contributed by atoms with Crippen LogP contribution in [0.5, 0.6) is 11.5 Å². The third-order valence-corrected chi connectivity index (χ3v) is 4.91. The number of nitro groups is 1. The molecule has 1 aromatic carbocycles. The lowest BCUT2D eigenvalue weighted by atomic mass is 10.3. The molecule has 3 heterocycles. The van der Waals surface area contributed by atoms with Crippen molar-refractivity contribution in [3.05, 3.63) is 44.9 Å². The Hall–Kier alpha value is -3.67. The molecule has 0 atom stereocenters. The van der Waals surface area contributed by atoms with Crippen LogP contribution in [-0.4, -0.2) is 35.3 Å². The topological polar surface area (TPSA) is 135 Å². The molecule has 144 valence electrons. The van der Waals surface area contributed by atoms with Crippen molar-refractivity contribution < 1.29 is 33.1 Å². The van der Waals surface area contributed by atoms with Gasteiger partial charge in [0.25, 0.3) is 0 Å². The molecule has 1 amide bonds. The van der Waals surface area contributed by atoms with Gasteiger partial charge in [-0.3, -0.25) is 19.7 Å². The molecule has 0 radical (unpaired) electrons. The number of thiazole rings is 1. The van der Waals surface area contributed by atoms with E-state index in [4.69, 9.17) is 18.6 Å². The molecular weight excluding hydrogens is 394 g/mol. The van der Waals surface area contributed by atoms with Crippen molar-refractivity contribution in [3.63, 3.8) is 0 Å². The van der Waals surface area contributed by atoms with Crippen molar-refractivity contribution in [3.8, 4) is 11.5 Å². The van der Waals surface area contributed by atoms with Crippen LogP contribution in [0.4, 0.5) is 5.88 Å². The number of rotatable bonds is 4. The van der Waals surface area contributed by atoms with Gasteiger partial charge in [0.2, 0.25) is 12.6 Å². The number of amides is 1. The zero-order valence-corrected chi connectivity index (χ0v) is 15.1. The number of fused-ring (bicyclic) bond motifs is 2. The smallest absolute Gasteiger partial charge is 0.433 e. The van der Waals surface area contributed by atoms with Gasteiger partial charge in [0.05, 0.1) is 23.4 Å². The van der Waals surface area contributed by atoms with Crippen LogP contribution in [0.3, 0.4) is 0 Å². The summed E-state index contributed by atoms with van der Waals surface area (Å²) < 4.78 is 22.5. The summed E-state index contributed by atoms with van der Waals surface area (Å²) in [6, 6.07) is 5.63. The lowest BCUT2D eigenvalue weighted by molar-refractivity contribution is -0.402. The van der Waals surface area contributed by atoms with E-state index in [0.717, 1.165) is 23.5 Å². The minimum absolute atomic E-state index is 0.0938. The zero-order valence-electron chi connectivity index (χ0n) is 14.2. The van der Waals surface area contributed by atoms with Gasteiger partial charge in [-0.25, -0.2) is 0 Å². The number of hydrogen-bond donors (Lipinski definition) is 0. The van der Waals surface area contributed by atoms with Crippen LogP contribution < -0.4 is 14.3 Å². The monoisotopic (exact) mass is 405 g/mol. The first-order valence-electron chi connectivity index (χ1n) is 7.79. The molecule has 0 saturated carbocycles. The van der Waals surface area contributed by atoms with Gasteiger partial charge in [0, 0.05) is 12.1 Å². The fraction of sp³-hybridized carbons (Fsp3) is 0.188. The summed E-state index contributed by atoms with van der Waals surface area (Å²) in [4.78, 5) is 38.3. The molecule has 11 nitrogen and oxygen atoms in total. The fourth-order valence-electron chi connectivity index (χ4n) is 2.57. The van der Waals surface area contributed by atoms with E-state index in [0.29, 0.717) is 21.7 Å². The van der Waals surface area contributed by atoms with E-state index in [1.165, 1.54) is 11.7 Å². The van der Waals surface area contributed by atoms with Crippen molar-refractivity contribution in [1.82, 2.24) is 4.57 Å². The Morgan fingerprint density at radius 3 is 2.75 bits per heavy atom. The Labute approximate surface area is 159 Å². The molecule has 3 aromatic rings. The summed E-state index contributed by atoms with van der Waals surface area (Å²) in [6.45, 7) is -0.100. The van der Waals surface area contributed by atoms with E-state index >= 15 is 0 Å². The molecule has 12 heteroatoms. The number of ether oxygens (including phenoxy) is 3. The van der Waals surface area contributed by atoms with Crippen molar-refractivity contribution in [2.45, 2.75) is 6.54 Å². The number of aromatic nitrogens is 1. The fourth-order valence-corrected chi connectivity index (χ4v) is 3.61. The van der Waals surface area contributed by atoms with E-state index in [-0.39, 0.29) is 23.9 Å². The molecule has 0 unspecified atom stereocenters. The van der Waals surface area contributed by atoms with Crippen LogP contribution in [-0.2, 0) is 16.1 Å². The molecule has 0 saturated heterocycles. The predicted octanol–water partition coefficient (Wildman–Crippen LogP) is 1.85. The highest BCUT2D eigenvalue weighted by atomic mass is 32.1. The standard InChI is InChI=1S/C16H11N3O8S/c1-24-14(20)6-18-8-4-10-11(26-7-25-10)5-12(8)28-16(18)17-15(21)9-2-3-13(27-9)19(22)23/h2-5H,6-7H2,1H3. The van der Waals surface area contributed by atoms with Gasteiger partial charge in [-0.2, -0.15) is 4.99 Å². The number of furan rings is 1. The Morgan fingerprint density at radius 2 is 2.07 bits per heavy atom. The molecule has 1 aliphatic rings. The third kappa shape index (κ3) is 3.09. The normalized spacial score (nSPS) is 13.1. The summed E-state index contributed by atoms with van der Waals surface area (Å²) in [5.74, 6) is -1.17. The second kappa shape index (κ2) is 6.81. The average Bonchev–Trinajstić information content (AvgIpc) is 3.39. The third-order valence-electron chi connectivity index (χ3n) is 3.87. The van der Waals surface area contributed by atoms with Gasteiger partial charge in [-0.1, -0.05) is 11.3 Å². The number of esters is 1. The van der Waals surface area contributed by atoms with Crippen LogP contribution in [0, 0.1) is 10.1 Å². The van der Waals surface area contributed by atoms with E-state index in [9.17, 15) is 19.7 Å². The number of nitrogens with zero attached hydrogens (tertiary/aromatic N) is 3. The summed E-state index contributed by atoms with van der Waals surface area (Å²) in [5.41, 5.74) is 0.594. The highest BCUT2D eigenvalue weighted by Gasteiger charge is 2.21. The number of carbonyl (C=O) groups is 2. The van der Waals surface area contributed by atoms with Crippen LogP contribution in [0.25, 0.3) is 10.2 Å². The summed E-state index contributed by atoms with van der Waals surface area (Å²) in [5, 5.41) is 10.7. The van der Waals surface area contributed by atoms with Crippen LogP contribution in [0.1, 0.15) is 10.6 Å². The first-order valence-corrected chi connectivity index (χ1v) is 8.61. The van der Waals surface area contributed by atoms with Gasteiger partial charge in [-0.05, 0) is 6.07 Å². The van der Waals surface area contributed by atoms with Crippen molar-refractivity contribution in [2.75, 3.05) is 13.9 Å². The molecule has 4 rings (SSSR count). The quantitative estimate of drug-likeness (QED) is 0.364. The Morgan fingerprint density at radius 1 is 1.32 bits per heavy atom. The molecule has 2 aromatic heterocycles. The van der Waals surface area contributed by atoms with Crippen LogP contribution >= 0.6 is 11.3 Å². The molecule has 0 spiro atoms.